The second-order valence-electron chi connectivity index (χ2n) is 5.52. The molecule has 3 N–H and O–H groups in total. The van der Waals surface area contributed by atoms with E-state index in [0.29, 0.717) is 10.6 Å². The Balaban J connectivity index is 1.96. The summed E-state index contributed by atoms with van der Waals surface area (Å²) in [5.41, 5.74) is 7.51. The molecule has 2 aromatic heterocycles. The number of carbonyl (C=O) groups excluding carboxylic acids is 1. The Hall–Kier alpha value is -1.62. The number of nitrogens with two attached hydrogens (primary N) is 1. The number of hydrogen-bond donors (Lipinski definition) is 2. The Kier molecular flexibility index (Phi) is 2.74. The fourth-order valence-electron chi connectivity index (χ4n) is 2.42. The molecule has 2 heterocycles. The van der Waals surface area contributed by atoms with E-state index in [4.69, 9.17) is 5.73 Å². The van der Waals surface area contributed by atoms with Crippen LogP contribution in [-0.2, 0) is 0 Å². The molecule has 3 rings (SSSR count). The van der Waals surface area contributed by atoms with Crippen LogP contribution in [0.4, 0.5) is 5.69 Å². The molecule has 0 aliphatic heterocycles. The maximum atomic E-state index is 12.3. The zero-order valence-electron chi connectivity index (χ0n) is 11.1. The molecular weight excluding hydrogens is 258 g/mol. The lowest BCUT2D eigenvalue weighted by Gasteiger charge is -2.39. The smallest absolute Gasteiger partial charge is 0.263 e. The number of thiophene rings is 1. The third kappa shape index (κ3) is 2.08. The van der Waals surface area contributed by atoms with E-state index in [1.54, 1.807) is 0 Å². The first-order valence-electron chi connectivity index (χ1n) is 6.47. The SMILES string of the molecule is Cc1ccc2c(N)c(C(=O)NC3(C)CCC3)sc2n1. The Morgan fingerprint density at radius 3 is 2.84 bits per heavy atom. The van der Waals surface area contributed by atoms with E-state index < -0.39 is 0 Å². The van der Waals surface area contributed by atoms with Crippen LogP contribution in [0, 0.1) is 6.92 Å². The lowest BCUT2D eigenvalue weighted by Crippen LogP contribution is -2.50. The predicted molar refractivity (Wildman–Crippen MR) is 78.5 cm³/mol. The molecule has 0 radical (unpaired) electrons. The van der Waals surface area contributed by atoms with Crippen LogP contribution >= 0.6 is 11.3 Å². The van der Waals surface area contributed by atoms with Crippen LogP contribution in [0.15, 0.2) is 12.1 Å². The van der Waals surface area contributed by atoms with Gasteiger partial charge in [0, 0.05) is 16.6 Å². The largest absolute Gasteiger partial charge is 0.397 e. The van der Waals surface area contributed by atoms with Crippen LogP contribution in [0.5, 0.6) is 0 Å². The van der Waals surface area contributed by atoms with Gasteiger partial charge in [-0.15, -0.1) is 11.3 Å². The molecule has 0 unspecified atom stereocenters. The van der Waals surface area contributed by atoms with Gasteiger partial charge in [0.05, 0.1) is 5.69 Å². The first-order valence-corrected chi connectivity index (χ1v) is 7.28. The topological polar surface area (TPSA) is 68.0 Å². The van der Waals surface area contributed by atoms with Crippen molar-refractivity contribution in [3.63, 3.8) is 0 Å². The number of amides is 1. The molecule has 1 saturated carbocycles. The Bertz CT molecular complexity index is 658. The normalized spacial score (nSPS) is 17.2. The first-order chi connectivity index (χ1) is 8.98. The van der Waals surface area contributed by atoms with E-state index >= 15 is 0 Å². The number of anilines is 1. The number of hydrogen-bond acceptors (Lipinski definition) is 4. The average Bonchev–Trinajstić information content (AvgIpc) is 2.64. The summed E-state index contributed by atoms with van der Waals surface area (Å²) in [6.45, 7) is 4.02. The monoisotopic (exact) mass is 275 g/mol. The average molecular weight is 275 g/mol. The lowest BCUT2D eigenvalue weighted by atomic mass is 9.78. The highest BCUT2D eigenvalue weighted by Gasteiger charge is 2.34. The van der Waals surface area contributed by atoms with Crippen LogP contribution in [0.3, 0.4) is 0 Å². The van der Waals surface area contributed by atoms with Crippen LogP contribution < -0.4 is 11.1 Å². The number of aromatic nitrogens is 1. The molecule has 0 aromatic carbocycles. The van der Waals surface area contributed by atoms with Crippen molar-refractivity contribution in [3.05, 3.63) is 22.7 Å². The predicted octanol–water partition coefficient (Wildman–Crippen LogP) is 2.86. The van der Waals surface area contributed by atoms with Crippen LogP contribution in [-0.4, -0.2) is 16.4 Å². The molecular formula is C14H17N3OS. The Morgan fingerprint density at radius 2 is 2.21 bits per heavy atom. The Labute approximate surface area is 116 Å². The molecule has 100 valence electrons. The van der Waals surface area contributed by atoms with E-state index in [-0.39, 0.29) is 11.4 Å². The molecule has 5 heteroatoms. The van der Waals surface area contributed by atoms with E-state index in [1.165, 1.54) is 17.8 Å². The van der Waals surface area contributed by atoms with Gasteiger partial charge >= 0.3 is 0 Å². The minimum Gasteiger partial charge on any atom is -0.397 e. The molecule has 0 bridgehead atoms. The second kappa shape index (κ2) is 4.20. The van der Waals surface area contributed by atoms with Crippen molar-refractivity contribution < 1.29 is 4.79 Å². The number of aryl methyl sites for hydroxylation is 1. The van der Waals surface area contributed by atoms with Crippen molar-refractivity contribution in [1.29, 1.82) is 0 Å². The van der Waals surface area contributed by atoms with Gasteiger partial charge in [-0.3, -0.25) is 4.79 Å². The third-order valence-electron chi connectivity index (χ3n) is 3.81. The maximum Gasteiger partial charge on any atom is 0.263 e. The van der Waals surface area contributed by atoms with Gasteiger partial charge in [-0.2, -0.15) is 0 Å². The van der Waals surface area contributed by atoms with Crippen molar-refractivity contribution in [3.8, 4) is 0 Å². The molecule has 1 aliphatic carbocycles. The van der Waals surface area contributed by atoms with E-state index in [9.17, 15) is 4.79 Å². The zero-order chi connectivity index (χ0) is 13.6. The van der Waals surface area contributed by atoms with Crippen molar-refractivity contribution in [2.24, 2.45) is 0 Å². The number of rotatable bonds is 2. The van der Waals surface area contributed by atoms with E-state index in [1.807, 2.05) is 19.1 Å². The number of nitrogen functional groups attached to an aromatic ring is 1. The quantitative estimate of drug-likeness (QED) is 0.885. The van der Waals surface area contributed by atoms with Crippen molar-refractivity contribution in [1.82, 2.24) is 10.3 Å². The fourth-order valence-corrected chi connectivity index (χ4v) is 3.46. The number of fused-ring (bicyclic) bond motifs is 1. The van der Waals surface area contributed by atoms with Gasteiger partial charge in [-0.25, -0.2) is 4.98 Å². The summed E-state index contributed by atoms with van der Waals surface area (Å²) in [4.78, 5) is 18.2. The second-order valence-corrected chi connectivity index (χ2v) is 6.52. The van der Waals surface area contributed by atoms with Crippen LogP contribution in [0.1, 0.15) is 41.6 Å². The summed E-state index contributed by atoms with van der Waals surface area (Å²) in [5.74, 6) is -0.0691. The molecule has 0 saturated heterocycles. The summed E-state index contributed by atoms with van der Waals surface area (Å²) in [6, 6.07) is 3.85. The van der Waals surface area contributed by atoms with Gasteiger partial charge in [-0.05, 0) is 45.2 Å². The molecule has 4 nitrogen and oxygen atoms in total. The van der Waals surface area contributed by atoms with E-state index in [0.717, 1.165) is 28.8 Å². The molecule has 0 atom stereocenters. The molecule has 2 aromatic rings. The van der Waals surface area contributed by atoms with Crippen LogP contribution in [0.2, 0.25) is 0 Å². The fraction of sp³-hybridized carbons (Fsp3) is 0.429. The highest BCUT2D eigenvalue weighted by atomic mass is 32.1. The summed E-state index contributed by atoms with van der Waals surface area (Å²) in [5, 5.41) is 3.96. The number of nitrogens with one attached hydrogen (secondary N) is 1. The van der Waals surface area contributed by atoms with Crippen LogP contribution in [0.25, 0.3) is 10.2 Å². The first kappa shape index (κ1) is 12.4. The standard InChI is InChI=1S/C14H17N3OS/c1-8-4-5-9-10(15)11(19-13(9)16-8)12(18)17-14(2)6-3-7-14/h4-5H,3,6-7,15H2,1-2H3,(H,17,18). The highest BCUT2D eigenvalue weighted by molar-refractivity contribution is 7.21. The summed E-state index contributed by atoms with van der Waals surface area (Å²) >= 11 is 1.37. The van der Waals surface area contributed by atoms with Gasteiger partial charge in [0.1, 0.15) is 9.71 Å². The summed E-state index contributed by atoms with van der Waals surface area (Å²) < 4.78 is 0. The number of carbonyl (C=O) groups is 1. The highest BCUT2D eigenvalue weighted by Crippen LogP contribution is 2.35. The molecule has 0 spiro atoms. The molecule has 1 amide bonds. The van der Waals surface area contributed by atoms with E-state index in [2.05, 4.69) is 17.2 Å². The molecule has 1 aliphatic rings. The molecule has 19 heavy (non-hydrogen) atoms. The molecule has 1 fully saturated rings. The van der Waals surface area contributed by atoms with Gasteiger partial charge in [0.15, 0.2) is 0 Å². The minimum atomic E-state index is -0.0691. The van der Waals surface area contributed by atoms with Crippen molar-refractivity contribution in [2.75, 3.05) is 5.73 Å². The summed E-state index contributed by atoms with van der Waals surface area (Å²) in [7, 11) is 0. The van der Waals surface area contributed by atoms with Gasteiger partial charge in [-0.1, -0.05) is 0 Å². The van der Waals surface area contributed by atoms with Gasteiger partial charge in [0.2, 0.25) is 0 Å². The summed E-state index contributed by atoms with van der Waals surface area (Å²) in [6.07, 6.45) is 3.27. The zero-order valence-corrected chi connectivity index (χ0v) is 11.9. The van der Waals surface area contributed by atoms with Crippen molar-refractivity contribution >= 4 is 33.1 Å². The minimum absolute atomic E-state index is 0.0525. The number of pyridine rings is 1. The maximum absolute atomic E-state index is 12.3. The third-order valence-corrected chi connectivity index (χ3v) is 4.93. The number of nitrogens with zero attached hydrogens (tertiary/aromatic N) is 1. The lowest BCUT2D eigenvalue weighted by molar-refractivity contribution is 0.0855. The van der Waals surface area contributed by atoms with Gasteiger partial charge in [0.25, 0.3) is 5.91 Å². The van der Waals surface area contributed by atoms with Gasteiger partial charge < -0.3 is 11.1 Å². The Morgan fingerprint density at radius 1 is 1.47 bits per heavy atom. The van der Waals surface area contributed by atoms with Crippen molar-refractivity contribution in [2.45, 2.75) is 38.6 Å².